The topological polar surface area (TPSA) is 48.7 Å². The van der Waals surface area contributed by atoms with Gasteiger partial charge in [-0.3, -0.25) is 10.3 Å². The Kier molecular flexibility index (Phi) is 8.63. The lowest BCUT2D eigenvalue weighted by atomic mass is 9.94. The molecule has 1 N–H and O–H groups in total. The summed E-state index contributed by atoms with van der Waals surface area (Å²) in [7, 11) is 2.17. The highest BCUT2D eigenvalue weighted by atomic mass is 15.4. The highest BCUT2D eigenvalue weighted by Gasteiger charge is 2.34. The molecule has 0 saturated carbocycles. The normalized spacial score (nSPS) is 18.2. The van der Waals surface area contributed by atoms with Gasteiger partial charge in [0.1, 0.15) is 12.0 Å². The van der Waals surface area contributed by atoms with Gasteiger partial charge in [0.05, 0.1) is 34.9 Å². The molecule has 8 aromatic rings. The first kappa shape index (κ1) is 34.9. The van der Waals surface area contributed by atoms with Crippen molar-refractivity contribution in [3.8, 4) is 39.2 Å². The van der Waals surface area contributed by atoms with Crippen LogP contribution in [0.5, 0.6) is 0 Å². The van der Waals surface area contributed by atoms with Crippen LogP contribution in [0, 0.1) is 5.92 Å². The summed E-state index contributed by atoms with van der Waals surface area (Å²) in [5.74, 6) is 1.31. The molecule has 0 amide bonds. The van der Waals surface area contributed by atoms with Gasteiger partial charge in [0.25, 0.3) is 0 Å². The van der Waals surface area contributed by atoms with Gasteiger partial charge in [-0.05, 0) is 71.6 Å². The van der Waals surface area contributed by atoms with E-state index >= 15 is 0 Å². The SMILES string of the molecule is CN1C(c2cccc(-c3cccc(N4c5ccccc5-c5c(n(-c6ccccc6)c6cnccc56)-c5ccccc54)c3)c2)=NC(c2ccccc2)NC1C1C=CC=CC1. The molecule has 0 saturated heterocycles. The van der Waals surface area contributed by atoms with Crippen LogP contribution < -0.4 is 10.2 Å². The first-order valence-electron chi connectivity index (χ1n) is 20.4. The van der Waals surface area contributed by atoms with Gasteiger partial charge in [-0.2, -0.15) is 0 Å². The smallest absolute Gasteiger partial charge is 0.134 e. The third-order valence-electron chi connectivity index (χ3n) is 12.0. The Morgan fingerprint density at radius 1 is 0.627 bits per heavy atom. The van der Waals surface area contributed by atoms with E-state index < -0.39 is 0 Å². The molecule has 0 fully saturated rings. The van der Waals surface area contributed by atoms with Crippen LogP contribution in [0.15, 0.2) is 205 Å². The van der Waals surface area contributed by atoms with E-state index in [1.165, 1.54) is 16.5 Å². The summed E-state index contributed by atoms with van der Waals surface area (Å²) in [5.41, 5.74) is 14.8. The largest absolute Gasteiger partial charge is 0.343 e. The number of fused-ring (bicyclic) bond motifs is 7. The average molecular weight is 763 g/mol. The first-order valence-corrected chi connectivity index (χ1v) is 20.4. The number of aliphatic imine (C=N–C) groups is 1. The Morgan fingerprint density at radius 3 is 2.10 bits per heavy atom. The van der Waals surface area contributed by atoms with Crippen LogP contribution in [0.1, 0.15) is 23.7 Å². The number of hydrogen-bond acceptors (Lipinski definition) is 5. The predicted molar refractivity (Wildman–Crippen MR) is 242 cm³/mol. The molecule has 0 bridgehead atoms. The number of amidine groups is 1. The Balaban J connectivity index is 1.04. The highest BCUT2D eigenvalue weighted by Crippen LogP contribution is 2.54. The number of rotatable bonds is 6. The van der Waals surface area contributed by atoms with Crippen LogP contribution >= 0.6 is 0 Å². The molecule has 284 valence electrons. The zero-order valence-corrected chi connectivity index (χ0v) is 32.7. The fraction of sp³-hybridized carbons (Fsp3) is 0.0943. The second-order valence-electron chi connectivity index (χ2n) is 15.5. The van der Waals surface area contributed by atoms with Gasteiger partial charge in [0, 0.05) is 58.2 Å². The van der Waals surface area contributed by atoms with Crippen molar-refractivity contribution in [2.75, 3.05) is 11.9 Å². The Bertz CT molecular complexity index is 2940. The number of anilines is 3. The lowest BCUT2D eigenvalue weighted by Gasteiger charge is -2.42. The average Bonchev–Trinajstić information content (AvgIpc) is 3.59. The quantitative estimate of drug-likeness (QED) is 0.183. The summed E-state index contributed by atoms with van der Waals surface area (Å²) in [6, 6.07) is 58.9. The molecule has 1 aliphatic carbocycles. The molecule has 4 heterocycles. The Labute approximate surface area is 344 Å². The number of allylic oxidation sites excluding steroid dienone is 3. The summed E-state index contributed by atoms with van der Waals surface area (Å²) in [5, 5.41) is 5.04. The molecular weight excluding hydrogens is 721 g/mol. The van der Waals surface area contributed by atoms with E-state index in [9.17, 15) is 0 Å². The molecule has 3 aliphatic rings. The summed E-state index contributed by atoms with van der Waals surface area (Å²) >= 11 is 0. The van der Waals surface area contributed by atoms with Gasteiger partial charge in [-0.25, -0.2) is 4.99 Å². The number of benzene rings is 6. The van der Waals surface area contributed by atoms with E-state index in [4.69, 9.17) is 4.99 Å². The minimum atomic E-state index is -0.155. The molecule has 0 spiro atoms. The number of para-hydroxylation sites is 3. The lowest BCUT2D eigenvalue weighted by Crippen LogP contribution is -2.55. The monoisotopic (exact) mass is 762 g/mol. The summed E-state index contributed by atoms with van der Waals surface area (Å²) in [4.78, 5) is 14.8. The summed E-state index contributed by atoms with van der Waals surface area (Å²) in [6.45, 7) is 0. The second kappa shape index (κ2) is 14.6. The van der Waals surface area contributed by atoms with Crippen LogP contribution in [-0.4, -0.2) is 33.5 Å². The number of pyridine rings is 1. The molecule has 3 unspecified atom stereocenters. The van der Waals surface area contributed by atoms with Crippen molar-refractivity contribution in [1.82, 2.24) is 19.8 Å². The van der Waals surface area contributed by atoms with Crippen molar-refractivity contribution < 1.29 is 0 Å². The molecule has 59 heavy (non-hydrogen) atoms. The Hall–Kier alpha value is -7.28. The van der Waals surface area contributed by atoms with E-state index in [0.717, 1.165) is 74.0 Å². The zero-order chi connectivity index (χ0) is 39.3. The standard InChI is InChI=1S/C53H42N6/c1-57-52(37-19-7-3-8-20-37)55-51(36-17-5-2-6-18-36)56-53(57)40-23-15-21-38(33-40)39-22-16-26-42(34-39)58-46-29-13-11-27-43(46)49-44-31-32-54-35-48(44)59(41-24-9-4-10-25-41)50(49)45-28-12-14-30-47(45)58/h2-19,21-35,37,51-52,55H,20H2,1H3. The third kappa shape index (κ3) is 5.99. The molecule has 2 aliphatic heterocycles. The van der Waals surface area contributed by atoms with Crippen LogP contribution in [0.4, 0.5) is 17.1 Å². The molecular formula is C53H42N6. The first-order chi connectivity index (χ1) is 29.2. The maximum atomic E-state index is 5.38. The molecule has 2 aromatic heterocycles. The second-order valence-corrected chi connectivity index (χ2v) is 15.5. The van der Waals surface area contributed by atoms with Crippen LogP contribution in [-0.2, 0) is 0 Å². The number of hydrogen-bond donors (Lipinski definition) is 1. The molecule has 0 radical (unpaired) electrons. The summed E-state index contributed by atoms with van der Waals surface area (Å²) < 4.78 is 2.38. The fourth-order valence-corrected chi connectivity index (χ4v) is 9.31. The molecule has 6 heteroatoms. The van der Waals surface area contributed by atoms with Crippen molar-refractivity contribution in [1.29, 1.82) is 0 Å². The van der Waals surface area contributed by atoms with Gasteiger partial charge >= 0.3 is 0 Å². The van der Waals surface area contributed by atoms with E-state index in [-0.39, 0.29) is 12.3 Å². The van der Waals surface area contributed by atoms with Crippen molar-refractivity contribution in [2.45, 2.75) is 18.8 Å². The van der Waals surface area contributed by atoms with E-state index in [2.05, 4.69) is 220 Å². The summed E-state index contributed by atoms with van der Waals surface area (Å²) in [6.07, 6.45) is 13.7. The predicted octanol–water partition coefficient (Wildman–Crippen LogP) is 12.2. The van der Waals surface area contributed by atoms with Gasteiger partial charge in [-0.1, -0.05) is 140 Å². The van der Waals surface area contributed by atoms with Gasteiger partial charge in [-0.15, -0.1) is 0 Å². The minimum Gasteiger partial charge on any atom is -0.343 e. The van der Waals surface area contributed by atoms with E-state index in [1.807, 2.05) is 12.4 Å². The van der Waals surface area contributed by atoms with Crippen molar-refractivity contribution in [3.63, 3.8) is 0 Å². The number of nitrogens with one attached hydrogen (secondary N) is 1. The van der Waals surface area contributed by atoms with Crippen molar-refractivity contribution >= 4 is 33.8 Å². The van der Waals surface area contributed by atoms with E-state index in [0.29, 0.717) is 5.92 Å². The molecule has 6 nitrogen and oxygen atoms in total. The molecule has 11 rings (SSSR count). The lowest BCUT2D eigenvalue weighted by molar-refractivity contribution is 0.202. The van der Waals surface area contributed by atoms with Crippen LogP contribution in [0.25, 0.3) is 50.1 Å². The molecule has 6 aromatic carbocycles. The maximum Gasteiger partial charge on any atom is 0.134 e. The number of nitrogens with zero attached hydrogens (tertiary/aromatic N) is 5. The zero-order valence-electron chi connectivity index (χ0n) is 32.7. The maximum absolute atomic E-state index is 5.38. The Morgan fingerprint density at radius 2 is 1.31 bits per heavy atom. The van der Waals surface area contributed by atoms with Gasteiger partial charge in [0.15, 0.2) is 0 Å². The minimum absolute atomic E-state index is 0.0836. The highest BCUT2D eigenvalue weighted by molar-refractivity contribution is 6.13. The number of aromatic nitrogens is 2. The molecule has 3 atom stereocenters. The van der Waals surface area contributed by atoms with E-state index in [1.54, 1.807) is 0 Å². The van der Waals surface area contributed by atoms with Crippen LogP contribution in [0.3, 0.4) is 0 Å². The van der Waals surface area contributed by atoms with Gasteiger partial charge < -0.3 is 14.4 Å². The van der Waals surface area contributed by atoms with Crippen LogP contribution in [0.2, 0.25) is 0 Å². The van der Waals surface area contributed by atoms with Crippen molar-refractivity contribution in [2.24, 2.45) is 10.9 Å². The van der Waals surface area contributed by atoms with Gasteiger partial charge in [0.2, 0.25) is 0 Å². The third-order valence-corrected chi connectivity index (χ3v) is 12.0. The van der Waals surface area contributed by atoms with Crippen molar-refractivity contribution in [3.05, 3.63) is 212 Å². The fourth-order valence-electron chi connectivity index (χ4n) is 9.31.